The second kappa shape index (κ2) is 5.09. The van der Waals surface area contributed by atoms with Gasteiger partial charge in [0, 0.05) is 22.1 Å². The van der Waals surface area contributed by atoms with E-state index in [1.54, 1.807) is 30.5 Å². The zero-order valence-electron chi connectivity index (χ0n) is 10.2. The highest BCUT2D eigenvalue weighted by atomic mass is 79.9. The van der Waals surface area contributed by atoms with E-state index >= 15 is 0 Å². The molecule has 0 fully saturated rings. The Morgan fingerprint density at radius 1 is 1.10 bits per heavy atom. The molecule has 3 aromatic rings. The summed E-state index contributed by atoms with van der Waals surface area (Å²) in [7, 11) is 0. The molecule has 0 aliphatic rings. The van der Waals surface area contributed by atoms with E-state index in [-0.39, 0.29) is 5.75 Å². The zero-order valence-corrected chi connectivity index (χ0v) is 11.8. The number of fused-ring (bicyclic) bond motifs is 1. The van der Waals surface area contributed by atoms with Crippen LogP contribution in [0.3, 0.4) is 0 Å². The largest absolute Gasteiger partial charge is 0.508 e. The maximum absolute atomic E-state index is 13.3. The molecule has 0 aliphatic carbocycles. The highest BCUT2D eigenvalue weighted by Gasteiger charge is 2.07. The third-order valence-electron chi connectivity index (χ3n) is 2.76. The molecular formula is C15H9BrFNO2. The standard InChI is InChI=1S/C15H9BrFNO2/c16-10-5-11(17)7-13(6-10)20-15-14-8-12(19)2-1-9(14)3-4-18-15/h1-8,19H. The maximum atomic E-state index is 13.3. The SMILES string of the molecule is Oc1ccc2ccnc(Oc3cc(F)cc(Br)c3)c2c1. The van der Waals surface area contributed by atoms with Gasteiger partial charge in [0.2, 0.25) is 5.88 Å². The number of ether oxygens (including phenoxy) is 1. The molecule has 100 valence electrons. The van der Waals surface area contributed by atoms with E-state index in [1.807, 2.05) is 6.07 Å². The monoisotopic (exact) mass is 333 g/mol. The quantitative estimate of drug-likeness (QED) is 0.743. The molecule has 0 atom stereocenters. The van der Waals surface area contributed by atoms with Crippen LogP contribution in [0.15, 0.2) is 53.1 Å². The minimum Gasteiger partial charge on any atom is -0.508 e. The van der Waals surface area contributed by atoms with Crippen LogP contribution in [-0.4, -0.2) is 10.1 Å². The second-order valence-electron chi connectivity index (χ2n) is 4.23. The molecule has 0 bridgehead atoms. The third-order valence-corrected chi connectivity index (χ3v) is 3.22. The van der Waals surface area contributed by atoms with Crippen molar-refractivity contribution in [1.29, 1.82) is 0 Å². The molecule has 0 spiro atoms. The number of benzene rings is 2. The number of phenolic OH excluding ortho intramolecular Hbond substituents is 1. The lowest BCUT2D eigenvalue weighted by molar-refractivity contribution is 0.461. The van der Waals surface area contributed by atoms with E-state index in [9.17, 15) is 9.50 Å². The molecule has 1 heterocycles. The van der Waals surface area contributed by atoms with Crippen molar-refractivity contribution in [3.63, 3.8) is 0 Å². The Morgan fingerprint density at radius 3 is 2.75 bits per heavy atom. The van der Waals surface area contributed by atoms with E-state index in [0.29, 0.717) is 21.5 Å². The lowest BCUT2D eigenvalue weighted by atomic mass is 10.1. The first kappa shape index (κ1) is 12.9. The number of aromatic hydroxyl groups is 1. The third kappa shape index (κ3) is 2.58. The number of halogens is 2. The van der Waals surface area contributed by atoms with Gasteiger partial charge in [0.25, 0.3) is 0 Å². The number of pyridine rings is 1. The fraction of sp³-hybridized carbons (Fsp3) is 0. The molecule has 1 aromatic heterocycles. The number of hydrogen-bond acceptors (Lipinski definition) is 3. The molecule has 0 radical (unpaired) electrons. The maximum Gasteiger partial charge on any atom is 0.227 e. The number of aromatic nitrogens is 1. The smallest absolute Gasteiger partial charge is 0.227 e. The zero-order chi connectivity index (χ0) is 14.1. The van der Waals surface area contributed by atoms with Crippen LogP contribution in [0.1, 0.15) is 0 Å². The van der Waals surface area contributed by atoms with Crippen molar-refractivity contribution in [1.82, 2.24) is 4.98 Å². The predicted octanol–water partition coefficient (Wildman–Crippen LogP) is 4.63. The first-order valence-corrected chi connectivity index (χ1v) is 6.63. The van der Waals surface area contributed by atoms with Gasteiger partial charge in [-0.25, -0.2) is 9.37 Å². The molecule has 1 N–H and O–H groups in total. The number of phenols is 1. The highest BCUT2D eigenvalue weighted by molar-refractivity contribution is 9.10. The first-order valence-electron chi connectivity index (χ1n) is 5.83. The van der Waals surface area contributed by atoms with E-state index in [2.05, 4.69) is 20.9 Å². The van der Waals surface area contributed by atoms with Crippen LogP contribution < -0.4 is 4.74 Å². The molecule has 3 nitrogen and oxygen atoms in total. The summed E-state index contributed by atoms with van der Waals surface area (Å²) in [5.74, 6) is 0.365. The van der Waals surface area contributed by atoms with Gasteiger partial charge in [-0.15, -0.1) is 0 Å². The molecule has 0 saturated heterocycles. The van der Waals surface area contributed by atoms with E-state index in [4.69, 9.17) is 4.74 Å². The number of hydrogen-bond donors (Lipinski definition) is 1. The lowest BCUT2D eigenvalue weighted by Gasteiger charge is -2.08. The van der Waals surface area contributed by atoms with Gasteiger partial charge in [0.1, 0.15) is 17.3 Å². The van der Waals surface area contributed by atoms with Crippen LogP contribution in [0.5, 0.6) is 17.4 Å². The lowest BCUT2D eigenvalue weighted by Crippen LogP contribution is -1.90. The number of nitrogens with zero attached hydrogens (tertiary/aromatic N) is 1. The highest BCUT2D eigenvalue weighted by Crippen LogP contribution is 2.31. The Morgan fingerprint density at radius 2 is 1.95 bits per heavy atom. The van der Waals surface area contributed by atoms with Crippen LogP contribution >= 0.6 is 15.9 Å². The molecule has 0 aliphatic heterocycles. The van der Waals surface area contributed by atoms with Gasteiger partial charge in [-0.1, -0.05) is 22.0 Å². The van der Waals surface area contributed by atoms with E-state index < -0.39 is 5.82 Å². The minimum atomic E-state index is -0.405. The number of rotatable bonds is 2. The summed E-state index contributed by atoms with van der Waals surface area (Å²) >= 11 is 3.21. The molecule has 0 saturated carbocycles. The van der Waals surface area contributed by atoms with Gasteiger partial charge in [0.05, 0.1) is 0 Å². The Bertz CT molecular complexity index is 772. The normalized spacial score (nSPS) is 10.7. The van der Waals surface area contributed by atoms with Gasteiger partial charge in [-0.05, 0) is 35.7 Å². The van der Waals surface area contributed by atoms with Crippen molar-refractivity contribution in [2.24, 2.45) is 0 Å². The Kier molecular flexibility index (Phi) is 3.28. The average Bonchev–Trinajstić information content (AvgIpc) is 2.38. The summed E-state index contributed by atoms with van der Waals surface area (Å²) in [5, 5.41) is 11.1. The van der Waals surface area contributed by atoms with Crippen molar-refractivity contribution in [2.75, 3.05) is 0 Å². The van der Waals surface area contributed by atoms with Crippen molar-refractivity contribution < 1.29 is 14.2 Å². The van der Waals surface area contributed by atoms with Crippen LogP contribution in [0.2, 0.25) is 0 Å². The molecular weight excluding hydrogens is 325 g/mol. The van der Waals surface area contributed by atoms with Crippen molar-refractivity contribution >= 4 is 26.7 Å². The molecule has 0 amide bonds. The van der Waals surface area contributed by atoms with E-state index in [1.165, 1.54) is 12.1 Å². The Balaban J connectivity index is 2.08. The van der Waals surface area contributed by atoms with Gasteiger partial charge in [-0.3, -0.25) is 0 Å². The topological polar surface area (TPSA) is 42.4 Å². The van der Waals surface area contributed by atoms with Crippen LogP contribution in [0.4, 0.5) is 4.39 Å². The summed E-state index contributed by atoms with van der Waals surface area (Å²) in [5.41, 5.74) is 0. The van der Waals surface area contributed by atoms with Crippen molar-refractivity contribution in [2.45, 2.75) is 0 Å². The van der Waals surface area contributed by atoms with E-state index in [0.717, 1.165) is 5.39 Å². The molecule has 0 unspecified atom stereocenters. The molecule has 3 rings (SSSR count). The average molecular weight is 334 g/mol. The second-order valence-corrected chi connectivity index (χ2v) is 5.14. The molecule has 20 heavy (non-hydrogen) atoms. The summed E-state index contributed by atoms with van der Waals surface area (Å²) in [4.78, 5) is 4.13. The Hall–Kier alpha value is -2.14. The summed E-state index contributed by atoms with van der Waals surface area (Å²) in [6.45, 7) is 0. The van der Waals surface area contributed by atoms with Crippen molar-refractivity contribution in [3.05, 3.63) is 59.0 Å². The predicted molar refractivity (Wildman–Crippen MR) is 77.6 cm³/mol. The molecule has 2 aromatic carbocycles. The van der Waals surface area contributed by atoms with Crippen molar-refractivity contribution in [3.8, 4) is 17.4 Å². The fourth-order valence-corrected chi connectivity index (χ4v) is 2.35. The van der Waals surface area contributed by atoms with Crippen LogP contribution in [0, 0.1) is 5.82 Å². The van der Waals surface area contributed by atoms with Crippen LogP contribution in [0.25, 0.3) is 10.8 Å². The first-order chi connectivity index (χ1) is 9.61. The Labute approximate surface area is 122 Å². The summed E-state index contributed by atoms with van der Waals surface area (Å²) < 4.78 is 19.5. The summed E-state index contributed by atoms with van der Waals surface area (Å²) in [6.07, 6.45) is 1.60. The van der Waals surface area contributed by atoms with Gasteiger partial charge in [0.15, 0.2) is 0 Å². The minimum absolute atomic E-state index is 0.121. The molecule has 5 heteroatoms. The van der Waals surface area contributed by atoms with Gasteiger partial charge >= 0.3 is 0 Å². The fourth-order valence-electron chi connectivity index (χ4n) is 1.91. The van der Waals surface area contributed by atoms with Crippen LogP contribution in [-0.2, 0) is 0 Å². The van der Waals surface area contributed by atoms with Gasteiger partial charge < -0.3 is 9.84 Å². The van der Waals surface area contributed by atoms with Gasteiger partial charge in [-0.2, -0.15) is 0 Å². The summed E-state index contributed by atoms with van der Waals surface area (Å²) in [6, 6.07) is 11.0.